The van der Waals surface area contributed by atoms with Gasteiger partial charge in [-0.1, -0.05) is 17.7 Å². The van der Waals surface area contributed by atoms with Crippen molar-refractivity contribution in [1.82, 2.24) is 14.5 Å². The van der Waals surface area contributed by atoms with Crippen LogP contribution in [0.5, 0.6) is 0 Å². The molecule has 0 N–H and O–H groups in total. The van der Waals surface area contributed by atoms with E-state index < -0.39 is 11.8 Å². The Labute approximate surface area is 171 Å². The predicted molar refractivity (Wildman–Crippen MR) is 107 cm³/mol. The normalized spacial score (nSPS) is 14.0. The van der Waals surface area contributed by atoms with Gasteiger partial charge < -0.3 is 14.2 Å². The van der Waals surface area contributed by atoms with Crippen molar-refractivity contribution in [3.8, 4) is 11.1 Å². The smallest absolute Gasteiger partial charge is 0.356 e. The Bertz CT molecular complexity index is 1110. The minimum atomic E-state index is -0.534. The molecule has 3 heterocycles. The maximum Gasteiger partial charge on any atom is 0.356 e. The van der Waals surface area contributed by atoms with Crippen molar-refractivity contribution in [2.24, 2.45) is 0 Å². The molecule has 1 aliphatic heterocycles. The van der Waals surface area contributed by atoms with E-state index in [9.17, 15) is 14.0 Å². The van der Waals surface area contributed by atoms with Crippen molar-refractivity contribution in [3.05, 3.63) is 53.1 Å². The molecule has 1 aliphatic rings. The number of esters is 1. The van der Waals surface area contributed by atoms with Gasteiger partial charge in [-0.3, -0.25) is 4.79 Å². The number of pyridine rings is 1. The van der Waals surface area contributed by atoms with E-state index in [1.165, 1.54) is 19.2 Å². The van der Waals surface area contributed by atoms with Gasteiger partial charge >= 0.3 is 5.97 Å². The van der Waals surface area contributed by atoms with Crippen LogP contribution in [0.15, 0.2) is 36.5 Å². The molecule has 150 valence electrons. The number of benzene rings is 1. The summed E-state index contributed by atoms with van der Waals surface area (Å²) >= 11 is 5.82. The molecule has 1 aromatic carbocycles. The highest BCUT2D eigenvalue weighted by atomic mass is 35.5. The standard InChI is InChI=1S/C21H19ClFN3O3/c1-29-21(28)18-7-5-14-15(13-4-6-16(22)17(23)11-13)12-26(20(14)24-18)10-9-25-8-2-3-19(25)27/h4-7,11-12H,2-3,8-10H2,1H3. The number of hydrogen-bond acceptors (Lipinski definition) is 4. The van der Waals surface area contributed by atoms with Gasteiger partial charge in [0.15, 0.2) is 5.69 Å². The first kappa shape index (κ1) is 19.4. The minimum absolute atomic E-state index is 0.0520. The van der Waals surface area contributed by atoms with E-state index in [4.69, 9.17) is 16.3 Å². The first-order valence-electron chi connectivity index (χ1n) is 9.29. The predicted octanol–water partition coefficient (Wildman–Crippen LogP) is 3.90. The molecule has 29 heavy (non-hydrogen) atoms. The van der Waals surface area contributed by atoms with Crippen LogP contribution < -0.4 is 0 Å². The summed E-state index contributed by atoms with van der Waals surface area (Å²) < 4.78 is 20.7. The van der Waals surface area contributed by atoms with E-state index >= 15 is 0 Å². The molecule has 0 spiro atoms. The van der Waals surface area contributed by atoms with Crippen molar-refractivity contribution in [3.63, 3.8) is 0 Å². The molecule has 6 nitrogen and oxygen atoms in total. The molecule has 1 fully saturated rings. The average molecular weight is 416 g/mol. The van der Waals surface area contributed by atoms with Crippen molar-refractivity contribution in [1.29, 1.82) is 0 Å². The van der Waals surface area contributed by atoms with Crippen molar-refractivity contribution in [2.45, 2.75) is 19.4 Å². The molecule has 4 rings (SSSR count). The number of halogens is 2. The number of rotatable bonds is 5. The van der Waals surface area contributed by atoms with Gasteiger partial charge in [0.05, 0.1) is 12.1 Å². The summed E-state index contributed by atoms with van der Waals surface area (Å²) in [7, 11) is 1.30. The Kier molecular flexibility index (Phi) is 5.24. The van der Waals surface area contributed by atoms with Crippen LogP contribution in [0, 0.1) is 5.82 Å². The monoisotopic (exact) mass is 415 g/mol. The molecule has 0 bridgehead atoms. The second-order valence-corrected chi connectivity index (χ2v) is 7.32. The number of carbonyl (C=O) groups excluding carboxylic acids is 2. The van der Waals surface area contributed by atoms with Crippen molar-refractivity contribution >= 4 is 34.5 Å². The van der Waals surface area contributed by atoms with Gasteiger partial charge in [0.2, 0.25) is 5.91 Å². The number of aromatic nitrogens is 2. The summed E-state index contributed by atoms with van der Waals surface area (Å²) in [5.74, 6) is -0.898. The molecule has 0 saturated carbocycles. The van der Waals surface area contributed by atoms with Crippen LogP contribution >= 0.6 is 11.6 Å². The number of nitrogens with zero attached hydrogens (tertiary/aromatic N) is 3. The zero-order valence-corrected chi connectivity index (χ0v) is 16.6. The maximum absolute atomic E-state index is 14.0. The minimum Gasteiger partial charge on any atom is -0.464 e. The van der Waals surface area contributed by atoms with E-state index in [1.807, 2.05) is 15.7 Å². The lowest BCUT2D eigenvalue weighted by Crippen LogP contribution is -2.28. The van der Waals surface area contributed by atoms with Gasteiger partial charge in [-0.25, -0.2) is 14.2 Å². The highest BCUT2D eigenvalue weighted by Gasteiger charge is 2.21. The Hall–Kier alpha value is -2.93. The van der Waals surface area contributed by atoms with E-state index in [1.54, 1.807) is 18.2 Å². The summed E-state index contributed by atoms with van der Waals surface area (Å²) in [4.78, 5) is 30.1. The lowest BCUT2D eigenvalue weighted by atomic mass is 10.1. The highest BCUT2D eigenvalue weighted by molar-refractivity contribution is 6.30. The summed E-state index contributed by atoms with van der Waals surface area (Å²) in [6, 6.07) is 7.98. The molecule has 3 aromatic rings. The quantitative estimate of drug-likeness (QED) is 0.593. The maximum atomic E-state index is 14.0. The van der Waals surface area contributed by atoms with Crippen LogP contribution in [-0.2, 0) is 16.1 Å². The lowest BCUT2D eigenvalue weighted by molar-refractivity contribution is -0.127. The number of ether oxygens (including phenoxy) is 1. The SMILES string of the molecule is COC(=O)c1ccc2c(-c3ccc(Cl)c(F)c3)cn(CCN3CCCC3=O)c2n1. The first-order chi connectivity index (χ1) is 14.0. The summed E-state index contributed by atoms with van der Waals surface area (Å²) in [5, 5.41) is 0.822. The number of fused-ring (bicyclic) bond motifs is 1. The third-order valence-corrected chi connectivity index (χ3v) is 5.44. The van der Waals surface area contributed by atoms with Gasteiger partial charge in [0, 0.05) is 43.2 Å². The van der Waals surface area contributed by atoms with E-state index in [0.29, 0.717) is 30.7 Å². The number of likely N-dealkylation sites (tertiary alicyclic amines) is 1. The molecular formula is C21H19ClFN3O3. The van der Waals surface area contributed by atoms with E-state index in [-0.39, 0.29) is 16.6 Å². The fraction of sp³-hybridized carbons (Fsp3) is 0.286. The van der Waals surface area contributed by atoms with Crippen LogP contribution in [-0.4, -0.2) is 46.5 Å². The fourth-order valence-electron chi connectivity index (χ4n) is 3.62. The van der Waals surface area contributed by atoms with Gasteiger partial charge in [-0.2, -0.15) is 0 Å². The highest BCUT2D eigenvalue weighted by Crippen LogP contribution is 2.32. The molecule has 0 atom stereocenters. The topological polar surface area (TPSA) is 64.4 Å². The van der Waals surface area contributed by atoms with E-state index in [0.717, 1.165) is 23.9 Å². The van der Waals surface area contributed by atoms with E-state index in [2.05, 4.69) is 4.98 Å². The van der Waals surface area contributed by atoms with Crippen LogP contribution in [0.3, 0.4) is 0 Å². The second-order valence-electron chi connectivity index (χ2n) is 6.91. The number of hydrogen-bond donors (Lipinski definition) is 0. The second kappa shape index (κ2) is 7.83. The molecule has 1 saturated heterocycles. The average Bonchev–Trinajstić information content (AvgIpc) is 3.30. The largest absolute Gasteiger partial charge is 0.464 e. The molecule has 1 amide bonds. The summed E-state index contributed by atoms with van der Waals surface area (Å²) in [5.41, 5.74) is 2.18. The third-order valence-electron chi connectivity index (χ3n) is 5.13. The molecule has 2 aromatic heterocycles. The summed E-state index contributed by atoms with van der Waals surface area (Å²) in [6.45, 7) is 1.80. The molecule has 0 unspecified atom stereocenters. The Morgan fingerprint density at radius 3 is 2.79 bits per heavy atom. The summed E-state index contributed by atoms with van der Waals surface area (Å²) in [6.07, 6.45) is 3.31. The van der Waals surface area contributed by atoms with Gasteiger partial charge in [0.25, 0.3) is 0 Å². The molecule has 8 heteroatoms. The zero-order valence-electron chi connectivity index (χ0n) is 15.8. The van der Waals surface area contributed by atoms with Gasteiger partial charge in [-0.15, -0.1) is 0 Å². The van der Waals surface area contributed by atoms with Gasteiger partial charge in [0.1, 0.15) is 11.5 Å². The first-order valence-corrected chi connectivity index (χ1v) is 9.67. The number of carbonyl (C=O) groups is 2. The Morgan fingerprint density at radius 2 is 2.10 bits per heavy atom. The zero-order chi connectivity index (χ0) is 20.5. The van der Waals surface area contributed by atoms with Gasteiger partial charge in [-0.05, 0) is 36.2 Å². The van der Waals surface area contributed by atoms with Crippen LogP contribution in [0.1, 0.15) is 23.3 Å². The van der Waals surface area contributed by atoms with Crippen LogP contribution in [0.2, 0.25) is 5.02 Å². The number of methoxy groups -OCH3 is 1. The lowest BCUT2D eigenvalue weighted by Gasteiger charge is -2.16. The Balaban J connectivity index is 1.78. The Morgan fingerprint density at radius 1 is 1.28 bits per heavy atom. The molecular weight excluding hydrogens is 397 g/mol. The molecule has 0 aliphatic carbocycles. The van der Waals surface area contributed by atoms with Crippen molar-refractivity contribution < 1.29 is 18.7 Å². The van der Waals surface area contributed by atoms with Crippen LogP contribution in [0.25, 0.3) is 22.2 Å². The van der Waals surface area contributed by atoms with Crippen molar-refractivity contribution in [2.75, 3.05) is 20.2 Å². The molecule has 0 radical (unpaired) electrons. The number of amides is 1. The third kappa shape index (κ3) is 3.70. The fourth-order valence-corrected chi connectivity index (χ4v) is 3.73. The van der Waals surface area contributed by atoms with Crippen LogP contribution in [0.4, 0.5) is 4.39 Å².